The predicted octanol–water partition coefficient (Wildman–Crippen LogP) is 2.64. The van der Waals surface area contributed by atoms with Gasteiger partial charge in [0.15, 0.2) is 0 Å². The van der Waals surface area contributed by atoms with Gasteiger partial charge in [0.1, 0.15) is 0 Å². The van der Waals surface area contributed by atoms with Crippen LogP contribution in [0, 0.1) is 11.3 Å². The summed E-state index contributed by atoms with van der Waals surface area (Å²) in [7, 11) is 0. The molecule has 0 heterocycles. The van der Waals surface area contributed by atoms with Crippen LogP contribution in [-0.4, -0.2) is 11.0 Å². The first-order valence-electron chi connectivity index (χ1n) is 7.45. The van der Waals surface area contributed by atoms with Crippen LogP contribution in [0.3, 0.4) is 0 Å². The SMILES string of the molecule is CC(C)(C(=O)NCc1ccccc1CO)c1cccc(C#N)c1. The zero-order valence-electron chi connectivity index (χ0n) is 13.3. The van der Waals surface area contributed by atoms with Crippen LogP contribution in [-0.2, 0) is 23.4 Å². The Labute approximate surface area is 136 Å². The Hall–Kier alpha value is -2.64. The number of hydrogen-bond acceptors (Lipinski definition) is 3. The first-order chi connectivity index (χ1) is 11.0. The number of aliphatic hydroxyl groups excluding tert-OH is 1. The number of benzene rings is 2. The zero-order valence-corrected chi connectivity index (χ0v) is 13.3. The molecule has 0 aromatic heterocycles. The molecule has 0 unspecified atom stereocenters. The molecule has 0 radical (unpaired) electrons. The summed E-state index contributed by atoms with van der Waals surface area (Å²) in [6.45, 7) is 3.96. The lowest BCUT2D eigenvalue weighted by Gasteiger charge is -2.24. The molecule has 0 fully saturated rings. The van der Waals surface area contributed by atoms with E-state index in [2.05, 4.69) is 11.4 Å². The summed E-state index contributed by atoms with van der Waals surface area (Å²) in [5.74, 6) is -0.125. The summed E-state index contributed by atoms with van der Waals surface area (Å²) in [6.07, 6.45) is 0. The highest BCUT2D eigenvalue weighted by Crippen LogP contribution is 2.24. The van der Waals surface area contributed by atoms with E-state index in [0.29, 0.717) is 12.1 Å². The third-order valence-corrected chi connectivity index (χ3v) is 4.01. The zero-order chi connectivity index (χ0) is 16.9. The molecule has 0 atom stereocenters. The molecule has 0 bridgehead atoms. The molecule has 4 nitrogen and oxygen atoms in total. The topological polar surface area (TPSA) is 73.1 Å². The fourth-order valence-electron chi connectivity index (χ4n) is 2.39. The van der Waals surface area contributed by atoms with Crippen molar-refractivity contribution in [2.24, 2.45) is 0 Å². The van der Waals surface area contributed by atoms with Gasteiger partial charge in [-0.15, -0.1) is 0 Å². The van der Waals surface area contributed by atoms with Crippen molar-refractivity contribution >= 4 is 5.91 Å². The van der Waals surface area contributed by atoms with Crippen LogP contribution in [0.2, 0.25) is 0 Å². The van der Waals surface area contributed by atoms with E-state index in [1.807, 2.05) is 44.2 Å². The Balaban J connectivity index is 2.14. The molecule has 2 rings (SSSR count). The van der Waals surface area contributed by atoms with Crippen LogP contribution >= 0.6 is 0 Å². The number of nitrogens with zero attached hydrogens (tertiary/aromatic N) is 1. The van der Waals surface area contributed by atoms with E-state index in [1.54, 1.807) is 18.2 Å². The van der Waals surface area contributed by atoms with Gasteiger partial charge in [-0.05, 0) is 42.7 Å². The number of nitrogens with one attached hydrogen (secondary N) is 1. The summed E-state index contributed by atoms with van der Waals surface area (Å²) >= 11 is 0. The van der Waals surface area contributed by atoms with Crippen molar-refractivity contribution < 1.29 is 9.90 Å². The Morgan fingerprint density at radius 1 is 1.17 bits per heavy atom. The van der Waals surface area contributed by atoms with Crippen LogP contribution in [0.4, 0.5) is 0 Å². The molecular formula is C19H20N2O2. The van der Waals surface area contributed by atoms with E-state index in [0.717, 1.165) is 16.7 Å². The lowest BCUT2D eigenvalue weighted by Crippen LogP contribution is -2.39. The van der Waals surface area contributed by atoms with E-state index in [1.165, 1.54) is 0 Å². The minimum Gasteiger partial charge on any atom is -0.392 e. The van der Waals surface area contributed by atoms with Crippen molar-refractivity contribution in [2.75, 3.05) is 0 Å². The van der Waals surface area contributed by atoms with Crippen LogP contribution < -0.4 is 5.32 Å². The second-order valence-electron chi connectivity index (χ2n) is 5.93. The molecule has 4 heteroatoms. The van der Waals surface area contributed by atoms with Crippen molar-refractivity contribution in [3.05, 3.63) is 70.8 Å². The van der Waals surface area contributed by atoms with Gasteiger partial charge in [0, 0.05) is 6.54 Å². The minimum atomic E-state index is -0.749. The van der Waals surface area contributed by atoms with Crippen molar-refractivity contribution in [3.8, 4) is 6.07 Å². The smallest absolute Gasteiger partial charge is 0.230 e. The van der Waals surface area contributed by atoms with Gasteiger partial charge in [-0.2, -0.15) is 5.26 Å². The minimum absolute atomic E-state index is 0.0559. The van der Waals surface area contributed by atoms with Gasteiger partial charge >= 0.3 is 0 Å². The van der Waals surface area contributed by atoms with E-state index in [9.17, 15) is 9.90 Å². The van der Waals surface area contributed by atoms with Gasteiger partial charge in [0.05, 0.1) is 23.7 Å². The molecule has 2 aromatic carbocycles. The molecular weight excluding hydrogens is 288 g/mol. The highest BCUT2D eigenvalue weighted by atomic mass is 16.3. The monoisotopic (exact) mass is 308 g/mol. The second kappa shape index (κ2) is 7.08. The molecule has 0 aliphatic rings. The molecule has 2 N–H and O–H groups in total. The molecule has 2 aromatic rings. The van der Waals surface area contributed by atoms with Gasteiger partial charge in [-0.25, -0.2) is 0 Å². The van der Waals surface area contributed by atoms with Gasteiger partial charge in [-0.1, -0.05) is 36.4 Å². The Kier molecular flexibility index (Phi) is 5.15. The summed E-state index contributed by atoms with van der Waals surface area (Å²) in [5.41, 5.74) is 2.28. The third kappa shape index (κ3) is 3.77. The fourth-order valence-corrected chi connectivity index (χ4v) is 2.39. The van der Waals surface area contributed by atoms with Gasteiger partial charge in [0.25, 0.3) is 0 Å². The maximum absolute atomic E-state index is 12.6. The van der Waals surface area contributed by atoms with Crippen LogP contribution in [0.25, 0.3) is 0 Å². The van der Waals surface area contributed by atoms with Gasteiger partial charge in [-0.3, -0.25) is 4.79 Å². The second-order valence-corrected chi connectivity index (χ2v) is 5.93. The van der Waals surface area contributed by atoms with E-state index < -0.39 is 5.41 Å². The Morgan fingerprint density at radius 3 is 2.52 bits per heavy atom. The first kappa shape index (κ1) is 16.7. The van der Waals surface area contributed by atoms with Gasteiger partial charge in [0.2, 0.25) is 5.91 Å². The number of nitriles is 1. The van der Waals surface area contributed by atoms with Gasteiger partial charge < -0.3 is 10.4 Å². The average molecular weight is 308 g/mol. The van der Waals surface area contributed by atoms with Crippen LogP contribution in [0.15, 0.2) is 48.5 Å². The standard InChI is InChI=1S/C19H20N2O2/c1-19(2,17-9-5-6-14(10-17)11-20)18(23)21-12-15-7-3-4-8-16(15)13-22/h3-10,22H,12-13H2,1-2H3,(H,21,23). The number of amides is 1. The van der Waals surface area contributed by atoms with E-state index >= 15 is 0 Å². The first-order valence-corrected chi connectivity index (χ1v) is 7.45. The Morgan fingerprint density at radius 2 is 1.87 bits per heavy atom. The summed E-state index contributed by atoms with van der Waals surface area (Å²) in [4.78, 5) is 12.6. The molecule has 0 aliphatic carbocycles. The number of carbonyl (C=O) groups is 1. The highest BCUT2D eigenvalue weighted by Gasteiger charge is 2.29. The fraction of sp³-hybridized carbons (Fsp3) is 0.263. The van der Waals surface area contributed by atoms with E-state index in [4.69, 9.17) is 5.26 Å². The normalized spacial score (nSPS) is 10.9. The summed E-state index contributed by atoms with van der Waals surface area (Å²) in [6, 6.07) is 16.6. The molecule has 0 spiro atoms. The Bertz CT molecular complexity index is 745. The predicted molar refractivity (Wildman–Crippen MR) is 88.4 cm³/mol. The lowest BCUT2D eigenvalue weighted by molar-refractivity contribution is -0.125. The molecule has 23 heavy (non-hydrogen) atoms. The largest absolute Gasteiger partial charge is 0.392 e. The highest BCUT2D eigenvalue weighted by molar-refractivity contribution is 5.87. The van der Waals surface area contributed by atoms with Crippen molar-refractivity contribution in [1.82, 2.24) is 5.32 Å². The van der Waals surface area contributed by atoms with E-state index in [-0.39, 0.29) is 12.5 Å². The number of carbonyl (C=O) groups excluding carboxylic acids is 1. The lowest BCUT2D eigenvalue weighted by atomic mass is 9.83. The average Bonchev–Trinajstić information content (AvgIpc) is 2.59. The van der Waals surface area contributed by atoms with Crippen molar-refractivity contribution in [1.29, 1.82) is 5.26 Å². The molecule has 0 aliphatic heterocycles. The molecule has 0 saturated heterocycles. The van der Waals surface area contributed by atoms with Crippen molar-refractivity contribution in [3.63, 3.8) is 0 Å². The maximum Gasteiger partial charge on any atom is 0.230 e. The van der Waals surface area contributed by atoms with Crippen LogP contribution in [0.5, 0.6) is 0 Å². The van der Waals surface area contributed by atoms with Crippen LogP contribution in [0.1, 0.15) is 36.1 Å². The maximum atomic E-state index is 12.6. The quantitative estimate of drug-likeness (QED) is 0.892. The molecule has 118 valence electrons. The molecule has 0 saturated carbocycles. The number of hydrogen-bond donors (Lipinski definition) is 2. The third-order valence-electron chi connectivity index (χ3n) is 4.01. The summed E-state index contributed by atoms with van der Waals surface area (Å²) < 4.78 is 0. The van der Waals surface area contributed by atoms with Crippen molar-refractivity contribution in [2.45, 2.75) is 32.4 Å². The number of aliphatic hydroxyl groups is 1. The molecule has 1 amide bonds. The summed E-state index contributed by atoms with van der Waals surface area (Å²) in [5, 5.41) is 21.3. The number of rotatable bonds is 5.